The molecule has 10 heteroatoms. The molecule has 2 aromatic carbocycles. The number of H-pyrrole nitrogens is 2. The summed E-state index contributed by atoms with van der Waals surface area (Å²) in [6.07, 6.45) is 0.673. The molecule has 0 saturated carbocycles. The molecular weight excluding hydrogens is 444 g/mol. The second-order valence-electron chi connectivity index (χ2n) is 9.55. The molecule has 0 aliphatic rings. The van der Waals surface area contributed by atoms with E-state index in [9.17, 15) is 4.79 Å². The maximum absolute atomic E-state index is 12.9. The van der Waals surface area contributed by atoms with Crippen molar-refractivity contribution in [2.24, 2.45) is 5.41 Å². The lowest BCUT2D eigenvalue weighted by molar-refractivity contribution is 0.392. The van der Waals surface area contributed by atoms with E-state index in [1.165, 1.54) is 7.11 Å². The van der Waals surface area contributed by atoms with Crippen molar-refractivity contribution in [3.63, 3.8) is 0 Å². The van der Waals surface area contributed by atoms with Gasteiger partial charge < -0.3 is 9.30 Å². The lowest BCUT2D eigenvalue weighted by Crippen LogP contribution is -2.18. The summed E-state index contributed by atoms with van der Waals surface area (Å²) >= 11 is 0. The normalized spacial score (nSPS) is 11.8. The van der Waals surface area contributed by atoms with Gasteiger partial charge in [-0.1, -0.05) is 69.3 Å². The van der Waals surface area contributed by atoms with E-state index in [-0.39, 0.29) is 11.0 Å². The van der Waals surface area contributed by atoms with Crippen LogP contribution in [0.15, 0.2) is 53.3 Å². The molecule has 35 heavy (non-hydrogen) atoms. The molecule has 5 aromatic rings. The number of hydrogen-bond donors (Lipinski definition) is 2. The number of benzene rings is 2. The largest absolute Gasteiger partial charge is 0.478 e. The third-order valence-corrected chi connectivity index (χ3v) is 5.75. The van der Waals surface area contributed by atoms with E-state index in [1.807, 2.05) is 41.0 Å². The predicted octanol–water partition coefficient (Wildman–Crippen LogP) is 3.61. The number of ether oxygens (including phenoxy) is 1. The highest BCUT2D eigenvalue weighted by atomic mass is 16.5. The van der Waals surface area contributed by atoms with Crippen LogP contribution in [0.2, 0.25) is 0 Å². The molecule has 0 radical (unpaired) electrons. The first kappa shape index (κ1) is 22.5. The van der Waals surface area contributed by atoms with Crippen LogP contribution in [0.25, 0.3) is 33.5 Å². The SMILES string of the molecule is COc1n[nH]c(=O)c2c1nc(CC(C)(C)C)n2Cc1ccccc1-c1ccccc1-c1nn[nH]n1. The van der Waals surface area contributed by atoms with Crippen molar-refractivity contribution < 1.29 is 4.74 Å². The van der Waals surface area contributed by atoms with Gasteiger partial charge >= 0.3 is 0 Å². The molecule has 0 bridgehead atoms. The predicted molar refractivity (Wildman–Crippen MR) is 132 cm³/mol. The number of aromatic amines is 2. The van der Waals surface area contributed by atoms with Crippen LogP contribution in [0.3, 0.4) is 0 Å². The number of rotatable bonds is 6. The third-order valence-electron chi connectivity index (χ3n) is 5.75. The Labute approximate surface area is 201 Å². The lowest BCUT2D eigenvalue weighted by Gasteiger charge is -2.20. The fourth-order valence-electron chi connectivity index (χ4n) is 4.29. The number of aromatic nitrogens is 8. The molecule has 178 valence electrons. The van der Waals surface area contributed by atoms with Crippen LogP contribution in [0.1, 0.15) is 32.2 Å². The van der Waals surface area contributed by atoms with Crippen LogP contribution < -0.4 is 10.3 Å². The van der Waals surface area contributed by atoms with E-state index in [2.05, 4.69) is 63.7 Å². The Kier molecular flexibility index (Phi) is 5.64. The Morgan fingerprint density at radius 2 is 1.69 bits per heavy atom. The molecule has 0 spiro atoms. The highest BCUT2D eigenvalue weighted by Crippen LogP contribution is 2.34. The lowest BCUT2D eigenvalue weighted by atomic mass is 9.91. The summed E-state index contributed by atoms with van der Waals surface area (Å²) in [5, 5.41) is 21.2. The van der Waals surface area contributed by atoms with E-state index in [0.717, 1.165) is 28.1 Å². The van der Waals surface area contributed by atoms with Gasteiger partial charge in [-0.05, 0) is 27.3 Å². The van der Waals surface area contributed by atoms with Gasteiger partial charge in [-0.25, -0.2) is 10.1 Å². The first-order valence-corrected chi connectivity index (χ1v) is 11.3. The van der Waals surface area contributed by atoms with Gasteiger partial charge in [0.05, 0.1) is 13.7 Å². The van der Waals surface area contributed by atoms with E-state index >= 15 is 0 Å². The van der Waals surface area contributed by atoms with Gasteiger partial charge in [-0.3, -0.25) is 4.79 Å². The smallest absolute Gasteiger partial charge is 0.290 e. The average molecular weight is 471 g/mol. The fourth-order valence-corrected chi connectivity index (χ4v) is 4.29. The zero-order chi connectivity index (χ0) is 24.6. The minimum atomic E-state index is -0.307. The first-order valence-electron chi connectivity index (χ1n) is 11.3. The van der Waals surface area contributed by atoms with E-state index in [1.54, 1.807) is 0 Å². The third kappa shape index (κ3) is 4.30. The summed E-state index contributed by atoms with van der Waals surface area (Å²) in [6.45, 7) is 6.87. The van der Waals surface area contributed by atoms with Gasteiger partial charge in [0.2, 0.25) is 5.82 Å². The van der Waals surface area contributed by atoms with E-state index in [0.29, 0.717) is 35.7 Å². The number of hydrogen-bond acceptors (Lipinski definition) is 7. The Bertz CT molecular complexity index is 1540. The Morgan fingerprint density at radius 3 is 2.37 bits per heavy atom. The molecule has 0 fully saturated rings. The zero-order valence-corrected chi connectivity index (χ0v) is 20.0. The Balaban J connectivity index is 1.70. The average Bonchev–Trinajstić information content (AvgIpc) is 3.48. The number of fused-ring (bicyclic) bond motifs is 1. The molecule has 5 rings (SSSR count). The molecule has 2 N–H and O–H groups in total. The van der Waals surface area contributed by atoms with Gasteiger partial charge in [-0.2, -0.15) is 5.21 Å². The molecule has 0 atom stereocenters. The van der Waals surface area contributed by atoms with Gasteiger partial charge in [-0.15, -0.1) is 15.3 Å². The Hall–Kier alpha value is -4.34. The molecule has 0 saturated heterocycles. The summed E-state index contributed by atoms with van der Waals surface area (Å²) in [4.78, 5) is 17.7. The topological polar surface area (TPSA) is 127 Å². The van der Waals surface area contributed by atoms with Crippen molar-refractivity contribution in [2.75, 3.05) is 7.11 Å². The highest BCUT2D eigenvalue weighted by molar-refractivity contribution is 5.83. The van der Waals surface area contributed by atoms with Crippen molar-refractivity contribution in [3.05, 3.63) is 70.3 Å². The van der Waals surface area contributed by atoms with Crippen LogP contribution in [-0.4, -0.2) is 47.5 Å². The zero-order valence-electron chi connectivity index (χ0n) is 20.0. The fraction of sp³-hybridized carbons (Fsp3) is 0.280. The van der Waals surface area contributed by atoms with Crippen molar-refractivity contribution in [2.45, 2.75) is 33.7 Å². The molecule has 3 aromatic heterocycles. The van der Waals surface area contributed by atoms with Crippen molar-refractivity contribution >= 4 is 11.0 Å². The molecule has 0 amide bonds. The van der Waals surface area contributed by atoms with Crippen molar-refractivity contribution in [1.29, 1.82) is 0 Å². The van der Waals surface area contributed by atoms with Crippen LogP contribution in [0.4, 0.5) is 0 Å². The summed E-state index contributed by atoms with van der Waals surface area (Å²) in [6, 6.07) is 16.0. The molecular formula is C25H26N8O2. The number of imidazole rings is 1. The molecule has 10 nitrogen and oxygen atoms in total. The standard InChI is InChI=1S/C25H26N8O2/c1-25(2,3)13-19-26-20-21(23(34)29-30-24(20)35-4)33(19)14-15-9-5-6-10-16(15)17-11-7-8-12-18(17)22-27-31-32-28-22/h5-12H,13-14H2,1-4H3,(H,29,34)(H,27,28,31,32). The van der Waals surface area contributed by atoms with Gasteiger partial charge in [0.25, 0.3) is 11.4 Å². The summed E-state index contributed by atoms with van der Waals surface area (Å²) < 4.78 is 7.37. The number of nitrogens with one attached hydrogen (secondary N) is 2. The summed E-state index contributed by atoms with van der Waals surface area (Å²) in [5.74, 6) is 1.61. The quantitative estimate of drug-likeness (QED) is 0.388. The van der Waals surface area contributed by atoms with Crippen molar-refractivity contribution in [1.82, 2.24) is 40.4 Å². The minimum absolute atomic E-state index is 0.0444. The summed E-state index contributed by atoms with van der Waals surface area (Å²) in [5.41, 5.74) is 4.41. The van der Waals surface area contributed by atoms with E-state index < -0.39 is 0 Å². The molecule has 0 aliphatic carbocycles. The van der Waals surface area contributed by atoms with Crippen LogP contribution in [0, 0.1) is 5.41 Å². The maximum atomic E-state index is 12.9. The second-order valence-corrected chi connectivity index (χ2v) is 9.55. The summed E-state index contributed by atoms with van der Waals surface area (Å²) in [7, 11) is 1.52. The number of nitrogens with zero attached hydrogens (tertiary/aromatic N) is 6. The number of methoxy groups -OCH3 is 1. The van der Waals surface area contributed by atoms with Crippen LogP contribution in [-0.2, 0) is 13.0 Å². The van der Waals surface area contributed by atoms with Crippen molar-refractivity contribution in [3.8, 4) is 28.4 Å². The molecule has 0 unspecified atom stereocenters. The Morgan fingerprint density at radius 1 is 0.971 bits per heavy atom. The maximum Gasteiger partial charge on any atom is 0.290 e. The first-order chi connectivity index (χ1) is 16.9. The monoisotopic (exact) mass is 470 g/mol. The minimum Gasteiger partial charge on any atom is -0.478 e. The van der Waals surface area contributed by atoms with Gasteiger partial charge in [0.1, 0.15) is 11.3 Å². The number of tetrazole rings is 1. The van der Waals surface area contributed by atoms with Crippen LogP contribution >= 0.6 is 0 Å². The second kappa shape index (κ2) is 8.79. The van der Waals surface area contributed by atoms with Gasteiger partial charge in [0.15, 0.2) is 5.52 Å². The van der Waals surface area contributed by atoms with Crippen LogP contribution in [0.5, 0.6) is 5.88 Å². The molecule has 0 aliphatic heterocycles. The molecule has 3 heterocycles. The highest BCUT2D eigenvalue weighted by Gasteiger charge is 2.23. The van der Waals surface area contributed by atoms with Gasteiger partial charge in [0, 0.05) is 12.0 Å². The van der Waals surface area contributed by atoms with E-state index in [4.69, 9.17) is 9.72 Å².